The Hall–Kier alpha value is -1.29. The number of nitrogens with zero attached hydrogens (tertiary/aromatic N) is 1. The van der Waals surface area contributed by atoms with Gasteiger partial charge in [0.15, 0.2) is 0 Å². The molecule has 1 aliphatic rings. The van der Waals surface area contributed by atoms with Gasteiger partial charge in [-0.3, -0.25) is 0 Å². The van der Waals surface area contributed by atoms with E-state index in [1.165, 1.54) is 35.1 Å². The van der Waals surface area contributed by atoms with Gasteiger partial charge in [0, 0.05) is 0 Å². The van der Waals surface area contributed by atoms with Gasteiger partial charge in [0.25, 0.3) is 0 Å². The minimum atomic E-state index is -0.114. The van der Waals surface area contributed by atoms with Crippen LogP contribution in [0.5, 0.6) is 0 Å². The van der Waals surface area contributed by atoms with Gasteiger partial charge in [0.05, 0.1) is 11.5 Å². The maximum Gasteiger partial charge on any atom is 0.0693 e. The van der Waals surface area contributed by atoms with Crippen LogP contribution in [0.4, 0.5) is 0 Å². The van der Waals surface area contributed by atoms with Crippen molar-refractivity contribution in [2.24, 2.45) is 11.3 Å². The van der Waals surface area contributed by atoms with Gasteiger partial charge in [-0.25, -0.2) is 0 Å². The summed E-state index contributed by atoms with van der Waals surface area (Å²) >= 11 is 0. The molecule has 0 spiro atoms. The fourth-order valence-electron chi connectivity index (χ4n) is 3.47. The summed E-state index contributed by atoms with van der Waals surface area (Å²) in [6.45, 7) is 8.83. The Morgan fingerprint density at radius 1 is 1.16 bits per heavy atom. The smallest absolute Gasteiger partial charge is 0.0693 e. The van der Waals surface area contributed by atoms with Crippen LogP contribution in [0.15, 0.2) is 12.1 Å². The van der Waals surface area contributed by atoms with E-state index in [9.17, 15) is 5.26 Å². The Morgan fingerprint density at radius 3 is 2.16 bits per heavy atom. The van der Waals surface area contributed by atoms with Crippen molar-refractivity contribution >= 4 is 0 Å². The number of hydrogen-bond donors (Lipinski definition) is 0. The van der Waals surface area contributed by atoms with Gasteiger partial charge in [-0.15, -0.1) is 0 Å². The third-order valence-electron chi connectivity index (χ3n) is 4.82. The van der Waals surface area contributed by atoms with E-state index in [2.05, 4.69) is 45.9 Å². The SMILES string of the molecule is Cc1cc(C)c(CC2(C#N)CCC(C)CC2)c(C)c1. The molecule has 0 N–H and O–H groups in total. The number of aryl methyl sites for hydroxylation is 3. The first-order valence-electron chi connectivity index (χ1n) is 7.44. The van der Waals surface area contributed by atoms with Gasteiger partial charge in [-0.05, 0) is 75.5 Å². The molecule has 19 heavy (non-hydrogen) atoms. The summed E-state index contributed by atoms with van der Waals surface area (Å²) in [5, 5.41) is 9.68. The quantitative estimate of drug-likeness (QED) is 0.739. The first-order valence-corrected chi connectivity index (χ1v) is 7.44. The molecule has 0 unspecified atom stereocenters. The standard InChI is InChI=1S/C18H25N/c1-13-5-7-18(12-19,8-6-13)11-17-15(3)9-14(2)10-16(17)4/h9-10,13H,5-8,11H2,1-4H3. The molecular weight excluding hydrogens is 230 g/mol. The number of benzene rings is 1. The molecule has 1 saturated carbocycles. The van der Waals surface area contributed by atoms with Crippen LogP contribution in [0.1, 0.15) is 54.9 Å². The molecule has 1 aliphatic carbocycles. The fourth-order valence-corrected chi connectivity index (χ4v) is 3.47. The average Bonchev–Trinajstić information content (AvgIpc) is 2.36. The highest BCUT2D eigenvalue weighted by Gasteiger charge is 2.35. The van der Waals surface area contributed by atoms with Crippen molar-refractivity contribution in [1.82, 2.24) is 0 Å². The molecule has 0 bridgehead atoms. The Kier molecular flexibility index (Phi) is 3.99. The largest absolute Gasteiger partial charge is 0.198 e. The van der Waals surface area contributed by atoms with Gasteiger partial charge in [0.1, 0.15) is 0 Å². The molecule has 0 atom stereocenters. The molecule has 0 aliphatic heterocycles. The van der Waals surface area contributed by atoms with Crippen LogP contribution >= 0.6 is 0 Å². The fraction of sp³-hybridized carbons (Fsp3) is 0.611. The van der Waals surface area contributed by atoms with Gasteiger partial charge in [0.2, 0.25) is 0 Å². The zero-order valence-electron chi connectivity index (χ0n) is 12.7. The lowest BCUT2D eigenvalue weighted by molar-refractivity contribution is 0.218. The zero-order valence-corrected chi connectivity index (χ0v) is 12.7. The summed E-state index contributed by atoms with van der Waals surface area (Å²) in [6, 6.07) is 7.15. The van der Waals surface area contributed by atoms with Crippen molar-refractivity contribution in [3.8, 4) is 6.07 Å². The van der Waals surface area contributed by atoms with Crippen LogP contribution in [0, 0.1) is 43.4 Å². The van der Waals surface area contributed by atoms with Crippen molar-refractivity contribution in [2.45, 2.75) is 59.8 Å². The Bertz CT molecular complexity index is 476. The van der Waals surface area contributed by atoms with Crippen LogP contribution < -0.4 is 0 Å². The number of rotatable bonds is 2. The van der Waals surface area contributed by atoms with Gasteiger partial charge >= 0.3 is 0 Å². The Morgan fingerprint density at radius 2 is 1.68 bits per heavy atom. The summed E-state index contributed by atoms with van der Waals surface area (Å²) < 4.78 is 0. The van der Waals surface area contributed by atoms with E-state index in [0.29, 0.717) is 0 Å². The third-order valence-corrected chi connectivity index (χ3v) is 4.82. The molecule has 1 aromatic carbocycles. The Balaban J connectivity index is 2.27. The Labute approximate surface area is 117 Å². The molecule has 0 radical (unpaired) electrons. The topological polar surface area (TPSA) is 23.8 Å². The highest BCUT2D eigenvalue weighted by molar-refractivity contribution is 5.39. The van der Waals surface area contributed by atoms with Crippen molar-refractivity contribution < 1.29 is 0 Å². The van der Waals surface area contributed by atoms with E-state index < -0.39 is 0 Å². The predicted octanol–water partition coefficient (Wildman–Crippen LogP) is 4.87. The van der Waals surface area contributed by atoms with Gasteiger partial charge in [-0.1, -0.05) is 24.6 Å². The molecule has 1 nitrogen and oxygen atoms in total. The van der Waals surface area contributed by atoms with Crippen LogP contribution in [-0.2, 0) is 6.42 Å². The summed E-state index contributed by atoms with van der Waals surface area (Å²) in [5.74, 6) is 0.793. The molecular formula is C18H25N. The van der Waals surface area contributed by atoms with E-state index in [0.717, 1.165) is 25.2 Å². The zero-order chi connectivity index (χ0) is 14.0. The predicted molar refractivity (Wildman–Crippen MR) is 80.0 cm³/mol. The second-order valence-corrected chi connectivity index (χ2v) is 6.63. The maximum atomic E-state index is 9.68. The van der Waals surface area contributed by atoms with Crippen molar-refractivity contribution in [1.29, 1.82) is 5.26 Å². The summed E-state index contributed by atoms with van der Waals surface area (Å²) in [5.41, 5.74) is 5.32. The van der Waals surface area contributed by atoms with Crippen molar-refractivity contribution in [3.63, 3.8) is 0 Å². The second-order valence-electron chi connectivity index (χ2n) is 6.63. The molecule has 1 heteroatoms. The summed E-state index contributed by atoms with van der Waals surface area (Å²) in [7, 11) is 0. The molecule has 0 saturated heterocycles. The lowest BCUT2D eigenvalue weighted by atomic mass is 9.68. The second kappa shape index (κ2) is 5.37. The van der Waals surface area contributed by atoms with Gasteiger partial charge in [-0.2, -0.15) is 5.26 Å². The maximum absolute atomic E-state index is 9.68. The van der Waals surface area contributed by atoms with E-state index in [1.807, 2.05) is 0 Å². The van der Waals surface area contributed by atoms with E-state index >= 15 is 0 Å². The number of nitriles is 1. The first kappa shape index (κ1) is 14.1. The molecule has 0 amide bonds. The molecule has 1 aromatic rings. The average molecular weight is 255 g/mol. The molecule has 102 valence electrons. The van der Waals surface area contributed by atoms with E-state index in [-0.39, 0.29) is 5.41 Å². The van der Waals surface area contributed by atoms with E-state index in [1.54, 1.807) is 0 Å². The summed E-state index contributed by atoms with van der Waals surface area (Å²) in [6.07, 6.45) is 5.48. The van der Waals surface area contributed by atoms with Gasteiger partial charge < -0.3 is 0 Å². The number of hydrogen-bond acceptors (Lipinski definition) is 1. The van der Waals surface area contributed by atoms with E-state index in [4.69, 9.17) is 0 Å². The molecule has 0 heterocycles. The van der Waals surface area contributed by atoms with Crippen molar-refractivity contribution in [3.05, 3.63) is 34.4 Å². The highest BCUT2D eigenvalue weighted by atomic mass is 14.4. The molecule has 0 aromatic heterocycles. The first-order chi connectivity index (χ1) is 8.96. The van der Waals surface area contributed by atoms with Crippen LogP contribution in [0.3, 0.4) is 0 Å². The minimum Gasteiger partial charge on any atom is -0.198 e. The van der Waals surface area contributed by atoms with Crippen molar-refractivity contribution in [2.75, 3.05) is 0 Å². The molecule has 2 rings (SSSR count). The van der Waals surface area contributed by atoms with Crippen LogP contribution in [-0.4, -0.2) is 0 Å². The normalized spacial score (nSPS) is 27.0. The van der Waals surface area contributed by atoms with Crippen LogP contribution in [0.2, 0.25) is 0 Å². The highest BCUT2D eigenvalue weighted by Crippen LogP contribution is 2.41. The monoisotopic (exact) mass is 255 g/mol. The summed E-state index contributed by atoms with van der Waals surface area (Å²) in [4.78, 5) is 0. The third kappa shape index (κ3) is 3.00. The lowest BCUT2D eigenvalue weighted by Crippen LogP contribution is -2.28. The lowest BCUT2D eigenvalue weighted by Gasteiger charge is -2.34. The molecule has 1 fully saturated rings. The van der Waals surface area contributed by atoms with Crippen LogP contribution in [0.25, 0.3) is 0 Å². The minimum absolute atomic E-state index is 0.114.